The third kappa shape index (κ3) is 3.06. The second kappa shape index (κ2) is 6.25. The Bertz CT molecular complexity index is 582. The molecule has 0 fully saturated rings. The van der Waals surface area contributed by atoms with E-state index in [9.17, 15) is 0 Å². The van der Waals surface area contributed by atoms with Gasteiger partial charge in [-0.3, -0.25) is 0 Å². The molecule has 0 aliphatic rings. The summed E-state index contributed by atoms with van der Waals surface area (Å²) < 4.78 is 10.4. The molecule has 0 saturated carbocycles. The summed E-state index contributed by atoms with van der Waals surface area (Å²) in [5.41, 5.74) is 2.75. The highest BCUT2D eigenvalue weighted by molar-refractivity contribution is 6.29. The zero-order valence-electron chi connectivity index (χ0n) is 10.8. The van der Waals surface area contributed by atoms with Crippen molar-refractivity contribution in [3.05, 3.63) is 65.0 Å². The molecule has 19 heavy (non-hydrogen) atoms. The molecule has 0 aliphatic heterocycles. The lowest BCUT2D eigenvalue weighted by Gasteiger charge is -2.11. The van der Waals surface area contributed by atoms with Gasteiger partial charge in [-0.2, -0.15) is 0 Å². The van der Waals surface area contributed by atoms with Gasteiger partial charge in [0.2, 0.25) is 5.88 Å². The molecule has 2 rings (SSSR count). The lowest BCUT2D eigenvalue weighted by atomic mass is 10.0. The molecule has 98 valence electrons. The van der Waals surface area contributed by atoms with Crippen molar-refractivity contribution >= 4 is 17.2 Å². The fraction of sp³-hybridized carbons (Fsp3) is 0.133. The van der Waals surface area contributed by atoms with Crippen LogP contribution in [-0.4, -0.2) is 19.2 Å². The smallest absolute Gasteiger partial charge is 0.222 e. The summed E-state index contributed by atoms with van der Waals surface area (Å²) in [4.78, 5) is 4.17. The second-order valence-corrected chi connectivity index (χ2v) is 4.21. The standard InChI is InChI=1S/C15H14ClNO2/c1-18-10-13(11-6-4-3-5-7-11)12-8-9-14(16)17-15(12)19-2/h3-10H,1-2H3/b13-10+. The van der Waals surface area contributed by atoms with Crippen molar-refractivity contribution in [2.24, 2.45) is 0 Å². The lowest BCUT2D eigenvalue weighted by molar-refractivity contribution is 0.339. The summed E-state index contributed by atoms with van der Waals surface area (Å²) >= 11 is 5.88. The van der Waals surface area contributed by atoms with Crippen molar-refractivity contribution < 1.29 is 9.47 Å². The highest BCUT2D eigenvalue weighted by Gasteiger charge is 2.13. The van der Waals surface area contributed by atoms with Crippen molar-refractivity contribution in [1.82, 2.24) is 4.98 Å². The van der Waals surface area contributed by atoms with Crippen molar-refractivity contribution in [3.8, 4) is 5.88 Å². The number of nitrogens with zero attached hydrogens (tertiary/aromatic N) is 1. The normalized spacial score (nSPS) is 11.2. The Morgan fingerprint density at radius 1 is 1.11 bits per heavy atom. The van der Waals surface area contributed by atoms with Gasteiger partial charge in [0.15, 0.2) is 0 Å². The van der Waals surface area contributed by atoms with E-state index in [1.54, 1.807) is 26.5 Å². The maximum Gasteiger partial charge on any atom is 0.222 e. The SMILES string of the molecule is CO/C=C(\c1ccccc1)c1ccc(Cl)nc1OC. The third-order valence-electron chi connectivity index (χ3n) is 2.63. The Balaban J connectivity index is 2.55. The van der Waals surface area contributed by atoms with Gasteiger partial charge >= 0.3 is 0 Å². The highest BCUT2D eigenvalue weighted by Crippen LogP contribution is 2.30. The summed E-state index contributed by atoms with van der Waals surface area (Å²) in [6, 6.07) is 13.5. The van der Waals surface area contributed by atoms with E-state index < -0.39 is 0 Å². The van der Waals surface area contributed by atoms with Gasteiger partial charge in [0.1, 0.15) is 5.15 Å². The van der Waals surface area contributed by atoms with Gasteiger partial charge in [0.25, 0.3) is 0 Å². The van der Waals surface area contributed by atoms with Crippen molar-refractivity contribution in [1.29, 1.82) is 0 Å². The first kappa shape index (κ1) is 13.4. The molecular formula is C15H14ClNO2. The van der Waals surface area contributed by atoms with Crippen LogP contribution in [-0.2, 0) is 4.74 Å². The first-order valence-electron chi connectivity index (χ1n) is 5.75. The van der Waals surface area contributed by atoms with Crippen LogP contribution in [0.3, 0.4) is 0 Å². The summed E-state index contributed by atoms with van der Waals surface area (Å²) in [5, 5.41) is 0.394. The number of hydrogen-bond donors (Lipinski definition) is 0. The Morgan fingerprint density at radius 2 is 1.84 bits per heavy atom. The largest absolute Gasteiger partial charge is 0.504 e. The van der Waals surface area contributed by atoms with E-state index in [1.807, 2.05) is 36.4 Å². The molecule has 0 unspecified atom stereocenters. The fourth-order valence-corrected chi connectivity index (χ4v) is 1.94. The molecule has 2 aromatic rings. The van der Waals surface area contributed by atoms with Crippen LogP contribution >= 0.6 is 11.6 Å². The Morgan fingerprint density at radius 3 is 2.47 bits per heavy atom. The van der Waals surface area contributed by atoms with Crippen molar-refractivity contribution in [2.75, 3.05) is 14.2 Å². The molecule has 0 spiro atoms. The molecule has 0 amide bonds. The highest BCUT2D eigenvalue weighted by atomic mass is 35.5. The molecule has 3 nitrogen and oxygen atoms in total. The number of hydrogen-bond acceptors (Lipinski definition) is 3. The summed E-state index contributed by atoms with van der Waals surface area (Å²) in [7, 11) is 3.18. The quantitative estimate of drug-likeness (QED) is 0.629. The van der Waals surface area contributed by atoms with Crippen LogP contribution in [0.25, 0.3) is 5.57 Å². The predicted octanol–water partition coefficient (Wildman–Crippen LogP) is 3.78. The van der Waals surface area contributed by atoms with Gasteiger partial charge in [-0.15, -0.1) is 0 Å². The Labute approximate surface area is 117 Å². The van der Waals surface area contributed by atoms with E-state index in [0.717, 1.165) is 16.7 Å². The number of methoxy groups -OCH3 is 2. The van der Waals surface area contributed by atoms with Crippen LogP contribution in [0.1, 0.15) is 11.1 Å². The molecular weight excluding hydrogens is 262 g/mol. The van der Waals surface area contributed by atoms with E-state index in [1.165, 1.54) is 0 Å². The van der Waals surface area contributed by atoms with Crippen molar-refractivity contribution in [2.45, 2.75) is 0 Å². The molecule has 0 atom stereocenters. The summed E-state index contributed by atoms with van der Waals surface area (Å²) in [6.45, 7) is 0. The van der Waals surface area contributed by atoms with Crippen LogP contribution in [0.15, 0.2) is 48.7 Å². The van der Waals surface area contributed by atoms with Crippen LogP contribution in [0, 0.1) is 0 Å². The molecule has 0 bridgehead atoms. The topological polar surface area (TPSA) is 31.4 Å². The second-order valence-electron chi connectivity index (χ2n) is 3.82. The molecule has 1 aromatic carbocycles. The first-order valence-corrected chi connectivity index (χ1v) is 6.13. The fourth-order valence-electron chi connectivity index (χ4n) is 1.80. The number of ether oxygens (including phenoxy) is 2. The minimum Gasteiger partial charge on any atom is -0.504 e. The van der Waals surface area contributed by atoms with Gasteiger partial charge in [-0.25, -0.2) is 4.98 Å². The van der Waals surface area contributed by atoms with Gasteiger partial charge in [-0.05, 0) is 17.7 Å². The molecule has 4 heteroatoms. The first-order chi connectivity index (χ1) is 9.26. The maximum absolute atomic E-state index is 5.88. The average Bonchev–Trinajstić information content (AvgIpc) is 2.46. The van der Waals surface area contributed by atoms with Gasteiger partial charge < -0.3 is 9.47 Å². The number of rotatable bonds is 4. The van der Waals surface area contributed by atoms with E-state index in [-0.39, 0.29) is 0 Å². The third-order valence-corrected chi connectivity index (χ3v) is 2.84. The zero-order valence-corrected chi connectivity index (χ0v) is 11.5. The maximum atomic E-state index is 5.88. The zero-order chi connectivity index (χ0) is 13.7. The van der Waals surface area contributed by atoms with E-state index in [2.05, 4.69) is 4.98 Å². The molecule has 0 saturated heterocycles. The molecule has 1 aromatic heterocycles. The van der Waals surface area contributed by atoms with Crippen LogP contribution in [0.2, 0.25) is 5.15 Å². The molecule has 0 N–H and O–H groups in total. The summed E-state index contributed by atoms with van der Waals surface area (Å²) in [5.74, 6) is 0.472. The monoisotopic (exact) mass is 275 g/mol. The Hall–Kier alpha value is -2.00. The minimum absolute atomic E-state index is 0.394. The average molecular weight is 276 g/mol. The number of halogens is 1. The number of benzene rings is 1. The van der Waals surface area contributed by atoms with E-state index >= 15 is 0 Å². The van der Waals surface area contributed by atoms with Crippen molar-refractivity contribution in [3.63, 3.8) is 0 Å². The van der Waals surface area contributed by atoms with Crippen LogP contribution in [0.4, 0.5) is 0 Å². The van der Waals surface area contributed by atoms with Gasteiger partial charge in [0, 0.05) is 11.1 Å². The lowest BCUT2D eigenvalue weighted by Crippen LogP contribution is -1.97. The minimum atomic E-state index is 0.394. The predicted molar refractivity (Wildman–Crippen MR) is 76.3 cm³/mol. The van der Waals surface area contributed by atoms with E-state index in [4.69, 9.17) is 21.1 Å². The van der Waals surface area contributed by atoms with Crippen LogP contribution in [0.5, 0.6) is 5.88 Å². The number of aromatic nitrogens is 1. The molecule has 0 aliphatic carbocycles. The molecule has 1 heterocycles. The number of pyridine rings is 1. The van der Waals surface area contributed by atoms with E-state index in [0.29, 0.717) is 11.0 Å². The van der Waals surface area contributed by atoms with Gasteiger partial charge in [-0.1, -0.05) is 41.9 Å². The van der Waals surface area contributed by atoms with Gasteiger partial charge in [0.05, 0.1) is 20.5 Å². The Kier molecular flexibility index (Phi) is 4.42. The molecule has 0 radical (unpaired) electrons. The summed E-state index contributed by atoms with van der Waals surface area (Å²) in [6.07, 6.45) is 1.67. The van der Waals surface area contributed by atoms with Crippen LogP contribution < -0.4 is 4.74 Å².